The van der Waals surface area contributed by atoms with E-state index in [1.54, 1.807) is 12.1 Å². The number of anilines is 2. The Hall–Kier alpha value is -1.64. The van der Waals surface area contributed by atoms with Gasteiger partial charge in [-0.15, -0.1) is 0 Å². The first-order chi connectivity index (χ1) is 15.6. The van der Waals surface area contributed by atoms with E-state index in [0.29, 0.717) is 58.9 Å². The summed E-state index contributed by atoms with van der Waals surface area (Å²) < 4.78 is 27.2. The van der Waals surface area contributed by atoms with Crippen LogP contribution in [0.4, 0.5) is 20.6 Å². The number of benzene rings is 1. The molecule has 2 aliphatic heterocycles. The average Bonchev–Trinajstić information content (AvgIpc) is 3.04. The summed E-state index contributed by atoms with van der Waals surface area (Å²) in [4.78, 5) is 16.1. The van der Waals surface area contributed by atoms with Crippen molar-refractivity contribution in [3.05, 3.63) is 24.0 Å². The number of halogens is 1. The smallest absolute Gasteiger partial charge is 0.414 e. The lowest BCUT2D eigenvalue weighted by atomic mass is 10.2. The van der Waals surface area contributed by atoms with Crippen molar-refractivity contribution >= 4 is 25.8 Å². The van der Waals surface area contributed by atoms with Gasteiger partial charge in [0.1, 0.15) is 11.9 Å². The van der Waals surface area contributed by atoms with Gasteiger partial charge in [0, 0.05) is 19.7 Å². The fourth-order valence-corrected chi connectivity index (χ4v) is 12.1. The van der Waals surface area contributed by atoms with Crippen LogP contribution in [0.5, 0.6) is 0 Å². The maximum Gasteiger partial charge on any atom is 0.414 e. The van der Waals surface area contributed by atoms with E-state index in [1.165, 1.54) is 11.0 Å². The van der Waals surface area contributed by atoms with Crippen molar-refractivity contribution in [2.75, 3.05) is 42.6 Å². The van der Waals surface area contributed by atoms with Gasteiger partial charge in [-0.05, 0) is 52.6 Å². The molecule has 33 heavy (non-hydrogen) atoms. The maximum atomic E-state index is 15.0. The van der Waals surface area contributed by atoms with Gasteiger partial charge in [0.05, 0.1) is 24.5 Å². The van der Waals surface area contributed by atoms with E-state index in [-0.39, 0.29) is 18.5 Å². The van der Waals surface area contributed by atoms with Gasteiger partial charge in [0.25, 0.3) is 0 Å². The summed E-state index contributed by atoms with van der Waals surface area (Å²) in [6.07, 6.45) is -0.806. The molecule has 1 aromatic carbocycles. The third-order valence-corrected chi connectivity index (χ3v) is 14.3. The van der Waals surface area contributed by atoms with Crippen LogP contribution in [-0.4, -0.2) is 58.5 Å². The Morgan fingerprint density at radius 1 is 1.09 bits per heavy atom. The number of rotatable bonds is 9. The molecule has 8 heteroatoms. The molecule has 1 N–H and O–H groups in total. The molecule has 2 heterocycles. The Balaban J connectivity index is 1.40. The second-order valence-electron chi connectivity index (χ2n) is 11.0. The SMILES string of the molecule is CC(C)[Si](OC[C@H]1CN(c2ccc(N3C[C@@H]4C(CO)[C@@H]4C3)c(F)c2)C(=O)O1)(C(C)C)C(C)C. The van der Waals surface area contributed by atoms with Gasteiger partial charge in [-0.25, -0.2) is 9.18 Å². The first-order valence-corrected chi connectivity index (χ1v) is 14.5. The molecular weight excluding hydrogens is 439 g/mol. The van der Waals surface area contributed by atoms with E-state index in [0.717, 1.165) is 13.1 Å². The van der Waals surface area contributed by atoms with Crippen molar-refractivity contribution in [3.63, 3.8) is 0 Å². The predicted octanol–water partition coefficient (Wildman–Crippen LogP) is 5.02. The molecule has 6 nitrogen and oxygen atoms in total. The Kier molecular flexibility index (Phi) is 6.82. The number of aliphatic hydroxyl groups is 1. The van der Waals surface area contributed by atoms with Gasteiger partial charge in [-0.2, -0.15) is 0 Å². The Bertz CT molecular complexity index is 846. The van der Waals surface area contributed by atoms with Crippen molar-refractivity contribution in [2.45, 2.75) is 64.3 Å². The molecular formula is C25H39FN2O4Si. The molecule has 1 amide bonds. The minimum absolute atomic E-state index is 0.224. The molecule has 0 spiro atoms. The maximum absolute atomic E-state index is 15.0. The minimum atomic E-state index is -2.05. The number of amides is 1. The lowest BCUT2D eigenvalue weighted by Crippen LogP contribution is -2.49. The highest BCUT2D eigenvalue weighted by molar-refractivity contribution is 6.77. The number of piperidine rings is 1. The lowest BCUT2D eigenvalue weighted by molar-refractivity contribution is 0.0979. The van der Waals surface area contributed by atoms with E-state index in [2.05, 4.69) is 41.5 Å². The number of cyclic esters (lactones) is 1. The third kappa shape index (κ3) is 4.30. The number of hydrogen-bond acceptors (Lipinski definition) is 5. The monoisotopic (exact) mass is 478 g/mol. The zero-order chi connectivity index (χ0) is 24.1. The van der Waals surface area contributed by atoms with Gasteiger partial charge in [-0.3, -0.25) is 4.90 Å². The number of carbonyl (C=O) groups is 1. The topological polar surface area (TPSA) is 62.2 Å². The highest BCUT2D eigenvalue weighted by atomic mass is 28.4. The molecule has 1 unspecified atom stereocenters. The second kappa shape index (κ2) is 9.19. The first-order valence-electron chi connectivity index (χ1n) is 12.4. The highest BCUT2D eigenvalue weighted by Gasteiger charge is 2.55. The summed E-state index contributed by atoms with van der Waals surface area (Å²) in [6, 6.07) is 4.99. The first kappa shape index (κ1) is 24.5. The minimum Gasteiger partial charge on any atom is -0.442 e. The summed E-state index contributed by atoms with van der Waals surface area (Å²) in [7, 11) is -2.05. The van der Waals surface area contributed by atoms with Crippen molar-refractivity contribution in [2.24, 2.45) is 17.8 Å². The number of nitrogens with zero attached hydrogens (tertiary/aromatic N) is 2. The van der Waals surface area contributed by atoms with Gasteiger partial charge >= 0.3 is 6.09 Å². The van der Waals surface area contributed by atoms with Crippen LogP contribution in [0.1, 0.15) is 41.5 Å². The van der Waals surface area contributed by atoms with Crippen molar-refractivity contribution in [1.29, 1.82) is 0 Å². The Labute approximate surface area is 198 Å². The summed E-state index contributed by atoms with van der Waals surface area (Å²) in [5.74, 6) is 1.00. The van der Waals surface area contributed by atoms with Gasteiger partial charge in [-0.1, -0.05) is 41.5 Å². The van der Waals surface area contributed by atoms with Crippen LogP contribution < -0.4 is 9.80 Å². The number of hydrogen-bond donors (Lipinski definition) is 1. The van der Waals surface area contributed by atoms with E-state index in [9.17, 15) is 14.3 Å². The standard InChI is InChI=1S/C25H39FN2O4Si/c1-15(2)33(16(3)4,17(5)6)31-14-19-10-28(25(30)32-19)18-7-8-24(23(26)9-18)27-11-20-21(12-27)22(20)13-29/h7-9,15-17,19-22,29H,10-14H2,1-6H3/t19-,20-,21+,22?/m1/s1. The summed E-state index contributed by atoms with van der Waals surface area (Å²) in [5.41, 5.74) is 2.45. The zero-order valence-electron chi connectivity index (χ0n) is 20.8. The molecule has 3 fully saturated rings. The predicted molar refractivity (Wildman–Crippen MR) is 131 cm³/mol. The Morgan fingerprint density at radius 2 is 1.70 bits per heavy atom. The van der Waals surface area contributed by atoms with E-state index in [1.807, 2.05) is 4.90 Å². The molecule has 0 radical (unpaired) electrons. The van der Waals surface area contributed by atoms with Crippen LogP contribution in [0.3, 0.4) is 0 Å². The van der Waals surface area contributed by atoms with Crippen LogP contribution >= 0.6 is 0 Å². The molecule has 4 rings (SSSR count). The molecule has 3 aliphatic rings. The van der Waals surface area contributed by atoms with Gasteiger partial charge < -0.3 is 19.2 Å². The summed E-state index contributed by atoms with van der Waals surface area (Å²) in [6.45, 7) is 15.9. The second-order valence-corrected chi connectivity index (χ2v) is 16.4. The van der Waals surface area contributed by atoms with Crippen molar-refractivity contribution in [3.8, 4) is 0 Å². The number of fused-ring (bicyclic) bond motifs is 1. The zero-order valence-corrected chi connectivity index (χ0v) is 21.8. The van der Waals surface area contributed by atoms with Gasteiger partial charge in [0.15, 0.2) is 0 Å². The molecule has 0 aromatic heterocycles. The van der Waals surface area contributed by atoms with Crippen LogP contribution in [0.15, 0.2) is 18.2 Å². The third-order valence-electron chi connectivity index (χ3n) is 8.27. The van der Waals surface area contributed by atoms with E-state index < -0.39 is 14.4 Å². The average molecular weight is 479 g/mol. The lowest BCUT2D eigenvalue weighted by Gasteiger charge is -2.42. The number of carbonyl (C=O) groups excluding carboxylic acids is 1. The molecule has 0 bridgehead atoms. The molecule has 1 aromatic rings. The van der Waals surface area contributed by atoms with Crippen LogP contribution in [-0.2, 0) is 9.16 Å². The summed E-state index contributed by atoms with van der Waals surface area (Å²) >= 11 is 0. The molecule has 1 saturated carbocycles. The van der Waals surface area contributed by atoms with E-state index in [4.69, 9.17) is 9.16 Å². The summed E-state index contributed by atoms with van der Waals surface area (Å²) in [5, 5.41) is 9.34. The van der Waals surface area contributed by atoms with Crippen LogP contribution in [0.25, 0.3) is 0 Å². The molecule has 4 atom stereocenters. The fourth-order valence-electron chi connectivity index (χ4n) is 6.59. The van der Waals surface area contributed by atoms with Crippen molar-refractivity contribution in [1.82, 2.24) is 0 Å². The van der Waals surface area contributed by atoms with Crippen LogP contribution in [0, 0.1) is 23.6 Å². The molecule has 184 valence electrons. The Morgan fingerprint density at radius 3 is 2.21 bits per heavy atom. The largest absolute Gasteiger partial charge is 0.442 e. The van der Waals surface area contributed by atoms with E-state index >= 15 is 0 Å². The molecule has 2 saturated heterocycles. The quantitative estimate of drug-likeness (QED) is 0.505. The number of ether oxygens (including phenoxy) is 1. The van der Waals surface area contributed by atoms with Gasteiger partial charge in [0.2, 0.25) is 8.32 Å². The highest BCUT2D eigenvalue weighted by Crippen LogP contribution is 2.52. The molecule has 1 aliphatic carbocycles. The van der Waals surface area contributed by atoms with Crippen LogP contribution in [0.2, 0.25) is 16.6 Å². The fraction of sp³-hybridized carbons (Fsp3) is 0.720. The van der Waals surface area contributed by atoms with Crippen molar-refractivity contribution < 1.29 is 23.5 Å². The normalized spacial score (nSPS) is 27.2. The number of aliphatic hydroxyl groups excluding tert-OH is 1.